The number of aromatic hydroxyl groups is 1. The number of nitrogens with zero attached hydrogens (tertiary/aromatic N) is 6. The van der Waals surface area contributed by atoms with Gasteiger partial charge in [-0.15, -0.1) is 11.7 Å². The van der Waals surface area contributed by atoms with Crippen molar-refractivity contribution in [3.63, 3.8) is 0 Å². The molecule has 0 bridgehead atoms. The Morgan fingerprint density at radius 3 is 2.07 bits per heavy atom. The zero-order chi connectivity index (χ0) is 21.5. The molecule has 3 aromatic rings. The van der Waals surface area contributed by atoms with E-state index in [4.69, 9.17) is 0 Å². The summed E-state index contributed by atoms with van der Waals surface area (Å²) >= 11 is 0. The predicted octanol–water partition coefficient (Wildman–Crippen LogP) is 5.75. The summed E-state index contributed by atoms with van der Waals surface area (Å²) in [5.41, 5.74) is 1.54. The fraction of sp³-hybridized carbons (Fsp3) is 0.0909. The van der Waals surface area contributed by atoms with Gasteiger partial charge in [-0.25, -0.2) is 0 Å². The van der Waals surface area contributed by atoms with Gasteiger partial charge in [0.15, 0.2) is 5.69 Å². The van der Waals surface area contributed by atoms with Crippen LogP contribution in [-0.2, 0) is 6.54 Å². The molecule has 1 N–H and O–H groups in total. The molecule has 30 heavy (non-hydrogen) atoms. The zero-order valence-corrected chi connectivity index (χ0v) is 16.2. The van der Waals surface area contributed by atoms with E-state index in [2.05, 4.69) is 27.0 Å². The average Bonchev–Trinajstić information content (AvgIpc) is 2.77. The highest BCUT2D eigenvalue weighted by molar-refractivity contribution is 5.57. The molecule has 0 spiro atoms. The third-order valence-electron chi connectivity index (χ3n) is 4.23. The Balaban J connectivity index is 1.88. The smallest absolute Gasteiger partial charge is 0.281 e. The quantitative estimate of drug-likeness (QED) is 0.421. The van der Waals surface area contributed by atoms with Crippen LogP contribution >= 0.6 is 0 Å². The summed E-state index contributed by atoms with van der Waals surface area (Å²) in [6.45, 7) is 5.14. The van der Waals surface area contributed by atoms with Crippen molar-refractivity contribution in [1.82, 2.24) is 4.57 Å². The highest BCUT2D eigenvalue weighted by atomic mass is 16.3. The fourth-order valence-electron chi connectivity index (χ4n) is 2.66. The van der Waals surface area contributed by atoms with E-state index in [0.717, 1.165) is 10.3 Å². The van der Waals surface area contributed by atoms with Crippen molar-refractivity contribution in [2.75, 3.05) is 0 Å². The second kappa shape index (κ2) is 9.21. The minimum atomic E-state index is -0.555. The molecule has 0 radical (unpaired) electrons. The van der Waals surface area contributed by atoms with Crippen LogP contribution in [-0.4, -0.2) is 9.67 Å². The summed E-state index contributed by atoms with van der Waals surface area (Å²) in [6, 6.07) is 18.1. The number of benzene rings is 2. The topological polar surface area (TPSA) is 115 Å². The fourth-order valence-corrected chi connectivity index (χ4v) is 2.66. The van der Waals surface area contributed by atoms with E-state index < -0.39 is 11.4 Å². The van der Waals surface area contributed by atoms with Crippen LogP contribution in [0.1, 0.15) is 11.1 Å². The second-order valence-electron chi connectivity index (χ2n) is 6.24. The van der Waals surface area contributed by atoms with Gasteiger partial charge < -0.3 is 5.11 Å². The molecule has 0 aliphatic heterocycles. The van der Waals surface area contributed by atoms with Crippen molar-refractivity contribution in [2.45, 2.75) is 13.5 Å². The van der Waals surface area contributed by atoms with Crippen LogP contribution in [0.2, 0.25) is 0 Å². The van der Waals surface area contributed by atoms with Crippen LogP contribution < -0.4 is 5.56 Å². The van der Waals surface area contributed by atoms with Gasteiger partial charge in [0.25, 0.3) is 5.56 Å². The van der Waals surface area contributed by atoms with Gasteiger partial charge >= 0.3 is 0 Å². The van der Waals surface area contributed by atoms with E-state index in [9.17, 15) is 15.2 Å². The molecule has 0 saturated heterocycles. The SMILES string of the molecule is C=CCn1c(O)c(C#N)c(C)c(N=Nc2ccc(N=Nc3ccccc3)cc2)c1=O. The van der Waals surface area contributed by atoms with Crippen molar-refractivity contribution in [1.29, 1.82) is 5.26 Å². The molecule has 0 saturated carbocycles. The molecule has 8 heteroatoms. The lowest BCUT2D eigenvalue weighted by Crippen LogP contribution is -2.21. The van der Waals surface area contributed by atoms with Crippen LogP contribution in [0.3, 0.4) is 0 Å². The van der Waals surface area contributed by atoms with Crippen molar-refractivity contribution < 1.29 is 5.11 Å². The van der Waals surface area contributed by atoms with Crippen molar-refractivity contribution in [2.24, 2.45) is 20.5 Å². The van der Waals surface area contributed by atoms with Crippen LogP contribution in [0.5, 0.6) is 5.88 Å². The molecule has 0 aliphatic carbocycles. The van der Waals surface area contributed by atoms with Crippen molar-refractivity contribution >= 4 is 22.7 Å². The van der Waals surface area contributed by atoms with E-state index in [1.165, 1.54) is 6.08 Å². The van der Waals surface area contributed by atoms with Gasteiger partial charge in [0.1, 0.15) is 11.6 Å². The van der Waals surface area contributed by atoms with Crippen LogP contribution in [0.15, 0.2) is 92.5 Å². The summed E-state index contributed by atoms with van der Waals surface area (Å²) in [7, 11) is 0. The molecule has 0 fully saturated rings. The van der Waals surface area contributed by atoms with Crippen LogP contribution in [0.25, 0.3) is 0 Å². The molecule has 0 unspecified atom stereocenters. The largest absolute Gasteiger partial charge is 0.493 e. The van der Waals surface area contributed by atoms with Crippen LogP contribution in [0, 0.1) is 18.3 Å². The average molecular weight is 398 g/mol. The predicted molar refractivity (Wildman–Crippen MR) is 113 cm³/mol. The molecular formula is C22H18N6O2. The van der Waals surface area contributed by atoms with Gasteiger partial charge in [-0.2, -0.15) is 20.6 Å². The van der Waals surface area contributed by atoms with Crippen molar-refractivity contribution in [3.8, 4) is 11.9 Å². The first-order valence-electron chi connectivity index (χ1n) is 9.01. The highest BCUT2D eigenvalue weighted by Gasteiger charge is 2.18. The summed E-state index contributed by atoms with van der Waals surface area (Å²) in [5, 5.41) is 35.9. The maximum atomic E-state index is 12.6. The van der Waals surface area contributed by atoms with Gasteiger partial charge in [0.05, 0.1) is 17.1 Å². The standard InChI is InChI=1S/C22H18N6O2/c1-3-13-28-21(29)19(14-23)15(2)20(22(28)30)27-26-18-11-9-17(10-12-18)25-24-16-7-5-4-6-8-16/h3-12,29H,1,13H2,2H3. The number of allylic oxidation sites excluding steroid dienone is 1. The van der Waals surface area contributed by atoms with Gasteiger partial charge in [0, 0.05) is 12.1 Å². The summed E-state index contributed by atoms with van der Waals surface area (Å²) in [4.78, 5) is 12.6. The molecule has 3 rings (SSSR count). The Morgan fingerprint density at radius 1 is 1.00 bits per heavy atom. The van der Waals surface area contributed by atoms with E-state index in [-0.39, 0.29) is 23.4 Å². The molecule has 8 nitrogen and oxygen atoms in total. The lowest BCUT2D eigenvalue weighted by Gasteiger charge is -2.11. The summed E-state index contributed by atoms with van der Waals surface area (Å²) < 4.78 is 1.03. The van der Waals surface area contributed by atoms with E-state index in [1.54, 1.807) is 31.2 Å². The first-order chi connectivity index (χ1) is 14.5. The maximum absolute atomic E-state index is 12.6. The molecule has 0 amide bonds. The third-order valence-corrected chi connectivity index (χ3v) is 4.23. The van der Waals surface area contributed by atoms with E-state index in [0.29, 0.717) is 11.4 Å². The third kappa shape index (κ3) is 4.36. The molecule has 1 aromatic heterocycles. The Bertz CT molecular complexity index is 1220. The summed E-state index contributed by atoms with van der Waals surface area (Å²) in [5.74, 6) is -0.410. The molecular weight excluding hydrogens is 380 g/mol. The Hall–Kier alpha value is -4.38. The number of hydrogen-bond donors (Lipinski definition) is 1. The number of aromatic nitrogens is 1. The second-order valence-corrected chi connectivity index (χ2v) is 6.24. The minimum absolute atomic E-state index is 0.0148. The Morgan fingerprint density at radius 2 is 1.53 bits per heavy atom. The highest BCUT2D eigenvalue weighted by Crippen LogP contribution is 2.27. The monoisotopic (exact) mass is 398 g/mol. The number of nitriles is 1. The molecule has 148 valence electrons. The molecule has 0 atom stereocenters. The van der Waals surface area contributed by atoms with Gasteiger partial charge in [-0.3, -0.25) is 9.36 Å². The van der Waals surface area contributed by atoms with Gasteiger partial charge in [-0.05, 0) is 43.3 Å². The van der Waals surface area contributed by atoms with E-state index in [1.807, 2.05) is 36.4 Å². The first-order valence-corrected chi connectivity index (χ1v) is 9.01. The lowest BCUT2D eigenvalue weighted by atomic mass is 10.1. The summed E-state index contributed by atoms with van der Waals surface area (Å²) in [6.07, 6.45) is 1.45. The number of hydrogen-bond acceptors (Lipinski definition) is 7. The lowest BCUT2D eigenvalue weighted by molar-refractivity contribution is 0.414. The van der Waals surface area contributed by atoms with E-state index >= 15 is 0 Å². The van der Waals surface area contributed by atoms with Gasteiger partial charge in [-0.1, -0.05) is 24.3 Å². The van der Waals surface area contributed by atoms with Gasteiger partial charge in [0.2, 0.25) is 5.88 Å². The molecule has 0 aliphatic rings. The normalized spacial score (nSPS) is 11.1. The zero-order valence-electron chi connectivity index (χ0n) is 16.2. The number of pyridine rings is 1. The van der Waals surface area contributed by atoms with Crippen molar-refractivity contribution in [3.05, 3.63) is 88.7 Å². The minimum Gasteiger partial charge on any atom is -0.493 e. The number of rotatable bonds is 6. The van der Waals surface area contributed by atoms with Crippen LogP contribution in [0.4, 0.5) is 22.7 Å². The Kier molecular flexibility index (Phi) is 6.25. The Labute approximate surface area is 172 Å². The number of azo groups is 2. The maximum Gasteiger partial charge on any atom is 0.281 e. The molecule has 1 heterocycles. The molecule has 2 aromatic carbocycles. The first kappa shape index (κ1) is 20.4.